The van der Waals surface area contributed by atoms with Crippen molar-refractivity contribution >= 4 is 5.97 Å². The second-order valence-electron chi connectivity index (χ2n) is 5.81. The van der Waals surface area contributed by atoms with Crippen LogP contribution in [0.2, 0.25) is 0 Å². The van der Waals surface area contributed by atoms with E-state index in [4.69, 9.17) is 14.2 Å². The van der Waals surface area contributed by atoms with Gasteiger partial charge in [0.05, 0.1) is 5.56 Å². The molecule has 0 bridgehead atoms. The maximum absolute atomic E-state index is 12.0. The lowest BCUT2D eigenvalue weighted by atomic mass is 10.1. The number of hydrogen-bond donors (Lipinski definition) is 0. The first-order chi connectivity index (χ1) is 10.4. The number of benzene rings is 1. The van der Waals surface area contributed by atoms with Gasteiger partial charge in [-0.1, -0.05) is 24.1 Å². The predicted molar refractivity (Wildman–Crippen MR) is 83.2 cm³/mol. The second kappa shape index (κ2) is 6.95. The predicted octanol–water partition coefficient (Wildman–Crippen LogP) is 3.17. The molecule has 22 heavy (non-hydrogen) atoms. The smallest absolute Gasteiger partial charge is 0.338 e. The van der Waals surface area contributed by atoms with Gasteiger partial charge < -0.3 is 14.2 Å². The Kier molecular flexibility index (Phi) is 5.23. The Morgan fingerprint density at radius 1 is 1.32 bits per heavy atom. The molecule has 0 spiro atoms. The molecule has 0 amide bonds. The number of carbonyl (C=O) groups excluding carboxylic acids is 1. The second-order valence-corrected chi connectivity index (χ2v) is 5.81. The summed E-state index contributed by atoms with van der Waals surface area (Å²) in [4.78, 5) is 12.0. The van der Waals surface area contributed by atoms with E-state index >= 15 is 0 Å². The van der Waals surface area contributed by atoms with Gasteiger partial charge in [0.1, 0.15) is 18.3 Å². The lowest BCUT2D eigenvalue weighted by molar-refractivity contribution is -0.144. The zero-order valence-electron chi connectivity index (χ0n) is 13.5. The van der Waals surface area contributed by atoms with Crippen molar-refractivity contribution in [2.75, 3.05) is 0 Å². The summed E-state index contributed by atoms with van der Waals surface area (Å²) >= 11 is 0. The summed E-state index contributed by atoms with van der Waals surface area (Å²) in [5.74, 6) is 4.86. The third-order valence-corrected chi connectivity index (χ3v) is 3.35. The molecular weight excluding hydrogens is 280 g/mol. The fourth-order valence-electron chi connectivity index (χ4n) is 2.47. The summed E-state index contributed by atoms with van der Waals surface area (Å²) in [6, 6.07) is 8.95. The Hall–Kier alpha value is -1.83. The minimum absolute atomic E-state index is 0.207. The Labute approximate surface area is 131 Å². The van der Waals surface area contributed by atoms with Crippen LogP contribution in [0.3, 0.4) is 0 Å². The van der Waals surface area contributed by atoms with E-state index in [1.165, 1.54) is 0 Å². The molecule has 0 radical (unpaired) electrons. The van der Waals surface area contributed by atoms with E-state index in [0.29, 0.717) is 12.0 Å². The molecular formula is C18H22O4. The standard InChI is InChI=1S/C18H22O4/c1-5-9-15-16(22-18(3,4)21-15)12-13(2)20-17(19)14-10-7-6-8-11-14/h6-8,10-11,13,15-16H,12H2,1-4H3/t13-,15-,16-/m0/s1. The molecule has 1 heterocycles. The van der Waals surface area contributed by atoms with Crippen LogP contribution in [0.15, 0.2) is 30.3 Å². The third kappa shape index (κ3) is 4.33. The van der Waals surface area contributed by atoms with E-state index in [-0.39, 0.29) is 24.3 Å². The first kappa shape index (κ1) is 16.5. The number of carbonyl (C=O) groups is 1. The van der Waals surface area contributed by atoms with Crippen LogP contribution in [-0.2, 0) is 14.2 Å². The summed E-state index contributed by atoms with van der Waals surface area (Å²) < 4.78 is 17.1. The van der Waals surface area contributed by atoms with Crippen molar-refractivity contribution in [3.63, 3.8) is 0 Å². The number of hydrogen-bond acceptors (Lipinski definition) is 4. The fourth-order valence-corrected chi connectivity index (χ4v) is 2.47. The minimum atomic E-state index is -0.664. The number of esters is 1. The van der Waals surface area contributed by atoms with Crippen molar-refractivity contribution in [1.29, 1.82) is 0 Å². The van der Waals surface area contributed by atoms with Crippen molar-refractivity contribution in [3.8, 4) is 11.8 Å². The van der Waals surface area contributed by atoms with Crippen LogP contribution in [0.5, 0.6) is 0 Å². The molecule has 4 heteroatoms. The highest BCUT2D eigenvalue weighted by Crippen LogP contribution is 2.30. The van der Waals surface area contributed by atoms with E-state index < -0.39 is 5.79 Å². The van der Waals surface area contributed by atoms with Gasteiger partial charge in [0.15, 0.2) is 5.79 Å². The first-order valence-electron chi connectivity index (χ1n) is 7.45. The van der Waals surface area contributed by atoms with E-state index in [9.17, 15) is 4.79 Å². The summed E-state index contributed by atoms with van der Waals surface area (Å²) in [5.41, 5.74) is 0.545. The molecule has 1 fully saturated rings. The monoisotopic (exact) mass is 302 g/mol. The maximum Gasteiger partial charge on any atom is 0.338 e. The molecule has 118 valence electrons. The third-order valence-electron chi connectivity index (χ3n) is 3.35. The highest BCUT2D eigenvalue weighted by molar-refractivity contribution is 5.89. The van der Waals surface area contributed by atoms with E-state index in [1.807, 2.05) is 39.0 Å². The van der Waals surface area contributed by atoms with Gasteiger partial charge in [0.2, 0.25) is 0 Å². The molecule has 1 saturated heterocycles. The molecule has 1 aromatic rings. The first-order valence-corrected chi connectivity index (χ1v) is 7.45. The van der Waals surface area contributed by atoms with Crippen LogP contribution in [0, 0.1) is 11.8 Å². The van der Waals surface area contributed by atoms with Crippen molar-refractivity contribution in [2.45, 2.75) is 58.2 Å². The van der Waals surface area contributed by atoms with Crippen LogP contribution in [0.4, 0.5) is 0 Å². The van der Waals surface area contributed by atoms with Gasteiger partial charge >= 0.3 is 5.97 Å². The fraction of sp³-hybridized carbons (Fsp3) is 0.500. The largest absolute Gasteiger partial charge is 0.459 e. The topological polar surface area (TPSA) is 44.8 Å². The van der Waals surface area contributed by atoms with Crippen LogP contribution in [0.1, 0.15) is 44.5 Å². The highest BCUT2D eigenvalue weighted by Gasteiger charge is 2.41. The molecule has 0 saturated carbocycles. The van der Waals surface area contributed by atoms with Crippen molar-refractivity contribution in [3.05, 3.63) is 35.9 Å². The summed E-state index contributed by atoms with van der Waals surface area (Å²) in [6.45, 7) is 7.34. The average molecular weight is 302 g/mol. The lowest BCUT2D eigenvalue weighted by Crippen LogP contribution is -2.28. The molecule has 0 unspecified atom stereocenters. The molecule has 3 atom stereocenters. The van der Waals surface area contributed by atoms with E-state index in [0.717, 1.165) is 0 Å². The molecule has 1 aliphatic heterocycles. The number of rotatable bonds is 4. The van der Waals surface area contributed by atoms with Crippen LogP contribution in [0.25, 0.3) is 0 Å². The SMILES string of the molecule is CC#C[C@@H]1OC(C)(C)O[C@H]1C[C@H](C)OC(=O)c1ccccc1. The van der Waals surface area contributed by atoms with Gasteiger partial charge in [-0.3, -0.25) is 0 Å². The van der Waals surface area contributed by atoms with E-state index in [1.54, 1.807) is 19.1 Å². The summed E-state index contributed by atoms with van der Waals surface area (Å²) in [7, 11) is 0. The maximum atomic E-state index is 12.0. The summed E-state index contributed by atoms with van der Waals surface area (Å²) in [6.07, 6.45) is -0.239. The van der Waals surface area contributed by atoms with Gasteiger partial charge in [-0.15, -0.1) is 5.92 Å². The Bertz CT molecular complexity index is 568. The van der Waals surface area contributed by atoms with Gasteiger partial charge in [0, 0.05) is 6.42 Å². The van der Waals surface area contributed by atoms with E-state index in [2.05, 4.69) is 11.8 Å². The van der Waals surface area contributed by atoms with Gasteiger partial charge in [-0.25, -0.2) is 4.79 Å². The molecule has 0 N–H and O–H groups in total. The Balaban J connectivity index is 1.94. The zero-order chi connectivity index (χ0) is 16.2. The Morgan fingerprint density at radius 2 is 2.00 bits per heavy atom. The quantitative estimate of drug-likeness (QED) is 0.633. The number of ether oxygens (including phenoxy) is 3. The van der Waals surface area contributed by atoms with Crippen LogP contribution < -0.4 is 0 Å². The van der Waals surface area contributed by atoms with Gasteiger partial charge in [-0.2, -0.15) is 0 Å². The molecule has 1 aliphatic rings. The molecule has 1 aromatic carbocycles. The van der Waals surface area contributed by atoms with Crippen LogP contribution >= 0.6 is 0 Å². The average Bonchev–Trinajstić information content (AvgIpc) is 2.74. The van der Waals surface area contributed by atoms with Crippen molar-refractivity contribution < 1.29 is 19.0 Å². The van der Waals surface area contributed by atoms with Crippen molar-refractivity contribution in [1.82, 2.24) is 0 Å². The molecule has 0 aromatic heterocycles. The normalized spacial score (nSPS) is 24.2. The lowest BCUT2D eigenvalue weighted by Gasteiger charge is -2.19. The molecule has 2 rings (SSSR count). The van der Waals surface area contributed by atoms with Gasteiger partial charge in [-0.05, 0) is 39.8 Å². The molecule has 4 nitrogen and oxygen atoms in total. The zero-order valence-corrected chi connectivity index (χ0v) is 13.5. The van der Waals surface area contributed by atoms with Crippen molar-refractivity contribution in [2.24, 2.45) is 0 Å². The summed E-state index contributed by atoms with van der Waals surface area (Å²) in [5, 5.41) is 0. The molecule has 0 aliphatic carbocycles. The minimum Gasteiger partial charge on any atom is -0.459 e. The Morgan fingerprint density at radius 3 is 2.64 bits per heavy atom. The highest BCUT2D eigenvalue weighted by atomic mass is 16.7. The van der Waals surface area contributed by atoms with Crippen LogP contribution in [-0.4, -0.2) is 30.1 Å². The van der Waals surface area contributed by atoms with Gasteiger partial charge in [0.25, 0.3) is 0 Å².